The Labute approximate surface area is 155 Å². The summed E-state index contributed by atoms with van der Waals surface area (Å²) in [7, 11) is 0. The minimum atomic E-state index is -0.241. The van der Waals surface area contributed by atoms with Crippen molar-refractivity contribution in [3.63, 3.8) is 0 Å². The van der Waals surface area contributed by atoms with E-state index in [1.165, 1.54) is 0 Å². The molecule has 0 bridgehead atoms. The van der Waals surface area contributed by atoms with Crippen molar-refractivity contribution in [2.24, 2.45) is 0 Å². The number of hydrogen-bond donors (Lipinski definition) is 3. The van der Waals surface area contributed by atoms with Crippen LogP contribution in [0.25, 0.3) is 11.0 Å². The fourth-order valence-electron chi connectivity index (χ4n) is 2.29. The molecule has 0 unspecified atom stereocenters. The van der Waals surface area contributed by atoms with Gasteiger partial charge in [0.15, 0.2) is 5.11 Å². The summed E-state index contributed by atoms with van der Waals surface area (Å²) in [5, 5.41) is 3.87. The van der Waals surface area contributed by atoms with Crippen molar-refractivity contribution in [2.45, 2.75) is 13.5 Å². The molecule has 0 saturated heterocycles. The van der Waals surface area contributed by atoms with Crippen molar-refractivity contribution in [1.29, 1.82) is 0 Å². The van der Waals surface area contributed by atoms with Gasteiger partial charge in [-0.1, -0.05) is 29.8 Å². The number of aromatic nitrogens is 2. The second-order valence-corrected chi connectivity index (χ2v) is 6.27. The Morgan fingerprint density at radius 3 is 2.84 bits per heavy atom. The van der Waals surface area contributed by atoms with Gasteiger partial charge in [-0.3, -0.25) is 15.6 Å². The first-order valence-corrected chi connectivity index (χ1v) is 8.33. The number of rotatable bonds is 3. The third-order valence-corrected chi connectivity index (χ3v) is 4.20. The number of carbonyl (C=O) groups excluding carboxylic acids is 1. The summed E-state index contributed by atoms with van der Waals surface area (Å²) in [5.41, 5.74) is 8.68. The Hall–Kier alpha value is -2.64. The molecule has 0 atom stereocenters. The monoisotopic (exact) mass is 373 g/mol. The molecule has 1 amide bonds. The predicted octanol–water partition coefficient (Wildman–Crippen LogP) is 3.02. The van der Waals surface area contributed by atoms with Crippen LogP contribution in [-0.2, 0) is 11.3 Å². The molecule has 0 spiro atoms. The average Bonchev–Trinajstić information content (AvgIpc) is 2.99. The molecule has 0 aliphatic rings. The van der Waals surface area contributed by atoms with E-state index in [0.717, 1.165) is 22.3 Å². The zero-order valence-electron chi connectivity index (χ0n) is 13.4. The lowest BCUT2D eigenvalue weighted by Crippen LogP contribution is -2.45. The van der Waals surface area contributed by atoms with Crippen LogP contribution in [0.15, 0.2) is 48.8 Å². The van der Waals surface area contributed by atoms with Gasteiger partial charge in [-0.2, -0.15) is 0 Å². The van der Waals surface area contributed by atoms with Crippen LogP contribution in [0.1, 0.15) is 5.56 Å². The van der Waals surface area contributed by atoms with Gasteiger partial charge in [-0.05, 0) is 49.0 Å². The maximum atomic E-state index is 12.1. The highest BCUT2D eigenvalue weighted by molar-refractivity contribution is 7.80. The third-order valence-electron chi connectivity index (χ3n) is 3.59. The summed E-state index contributed by atoms with van der Waals surface area (Å²) >= 11 is 11.2. The number of hydrazine groups is 1. The van der Waals surface area contributed by atoms with Crippen molar-refractivity contribution in [2.75, 3.05) is 5.32 Å². The van der Waals surface area contributed by atoms with Gasteiger partial charge in [-0.15, -0.1) is 0 Å². The highest BCUT2D eigenvalue weighted by atomic mass is 35.5. The standard InChI is InChI=1S/C17H16ClN5OS/c1-11-6-7-12(8-13(11)18)20-17(25)22-21-16(24)9-23-10-19-14-4-2-3-5-15(14)23/h2-8,10H,9H2,1H3,(H,21,24)(H2,20,22,25). The van der Waals surface area contributed by atoms with Crippen LogP contribution in [0.2, 0.25) is 5.02 Å². The van der Waals surface area contributed by atoms with Crippen LogP contribution in [0, 0.1) is 6.92 Å². The van der Waals surface area contributed by atoms with Crippen LogP contribution in [0.4, 0.5) is 5.69 Å². The summed E-state index contributed by atoms with van der Waals surface area (Å²) < 4.78 is 1.77. The van der Waals surface area contributed by atoms with Crippen LogP contribution >= 0.6 is 23.8 Å². The van der Waals surface area contributed by atoms with Crippen LogP contribution in [-0.4, -0.2) is 20.6 Å². The first-order chi connectivity index (χ1) is 12.0. The van der Waals surface area contributed by atoms with Crippen molar-refractivity contribution < 1.29 is 4.79 Å². The quantitative estimate of drug-likeness (QED) is 0.486. The molecule has 3 N–H and O–H groups in total. The molecule has 0 radical (unpaired) electrons. The molecule has 8 heteroatoms. The molecular weight excluding hydrogens is 358 g/mol. The van der Waals surface area contributed by atoms with Crippen LogP contribution in [0.5, 0.6) is 0 Å². The minimum absolute atomic E-state index is 0.131. The second-order valence-electron chi connectivity index (χ2n) is 5.45. The molecule has 0 aliphatic carbocycles. The Morgan fingerprint density at radius 1 is 1.24 bits per heavy atom. The molecule has 6 nitrogen and oxygen atoms in total. The summed E-state index contributed by atoms with van der Waals surface area (Å²) in [6.07, 6.45) is 1.63. The molecule has 1 heterocycles. The van der Waals surface area contributed by atoms with Gasteiger partial charge < -0.3 is 9.88 Å². The van der Waals surface area contributed by atoms with Crippen LogP contribution < -0.4 is 16.2 Å². The van der Waals surface area contributed by atoms with E-state index >= 15 is 0 Å². The minimum Gasteiger partial charge on any atom is -0.331 e. The van der Waals surface area contributed by atoms with Crippen molar-refractivity contribution in [1.82, 2.24) is 20.4 Å². The maximum absolute atomic E-state index is 12.1. The largest absolute Gasteiger partial charge is 0.331 e. The molecule has 0 saturated carbocycles. The number of hydrogen-bond acceptors (Lipinski definition) is 3. The lowest BCUT2D eigenvalue weighted by Gasteiger charge is -2.12. The third kappa shape index (κ3) is 4.26. The fourth-order valence-corrected chi connectivity index (χ4v) is 2.64. The summed E-state index contributed by atoms with van der Waals surface area (Å²) in [6.45, 7) is 2.05. The average molecular weight is 374 g/mol. The van der Waals surface area contributed by atoms with Gasteiger partial charge >= 0.3 is 0 Å². The summed E-state index contributed by atoms with van der Waals surface area (Å²) in [6, 6.07) is 13.1. The molecule has 2 aromatic carbocycles. The molecule has 3 rings (SSSR count). The molecule has 1 aromatic heterocycles. The number of imidazole rings is 1. The van der Waals surface area contributed by atoms with Gasteiger partial charge in [0, 0.05) is 10.7 Å². The van der Waals surface area contributed by atoms with Crippen LogP contribution in [0.3, 0.4) is 0 Å². The lowest BCUT2D eigenvalue weighted by atomic mass is 10.2. The number of anilines is 1. The van der Waals surface area contributed by atoms with E-state index in [0.29, 0.717) is 5.02 Å². The number of aryl methyl sites for hydroxylation is 1. The number of nitrogens with zero attached hydrogens (tertiary/aromatic N) is 2. The smallest absolute Gasteiger partial charge is 0.258 e. The van der Waals surface area contributed by atoms with E-state index in [-0.39, 0.29) is 17.6 Å². The van der Waals surface area contributed by atoms with Crippen molar-refractivity contribution >= 4 is 51.6 Å². The zero-order chi connectivity index (χ0) is 17.8. The summed E-state index contributed by atoms with van der Waals surface area (Å²) in [5.74, 6) is -0.241. The number of thiocarbonyl (C=S) groups is 1. The highest BCUT2D eigenvalue weighted by Crippen LogP contribution is 2.19. The SMILES string of the molecule is Cc1ccc(NC(=S)NNC(=O)Cn2cnc3ccccc32)cc1Cl. The topological polar surface area (TPSA) is 71.0 Å². The number of para-hydroxylation sites is 2. The number of nitrogens with one attached hydrogen (secondary N) is 3. The van der Waals surface area contributed by atoms with E-state index < -0.39 is 0 Å². The molecule has 0 aliphatic heterocycles. The molecule has 25 heavy (non-hydrogen) atoms. The van der Waals surface area contributed by atoms with E-state index in [1.807, 2.05) is 43.3 Å². The highest BCUT2D eigenvalue weighted by Gasteiger charge is 2.07. The first kappa shape index (κ1) is 17.2. The Balaban J connectivity index is 1.53. The van der Waals surface area contributed by atoms with E-state index in [9.17, 15) is 4.79 Å². The molecule has 3 aromatic rings. The van der Waals surface area contributed by atoms with Crippen molar-refractivity contribution in [3.8, 4) is 0 Å². The van der Waals surface area contributed by atoms with Gasteiger partial charge in [-0.25, -0.2) is 4.98 Å². The van der Waals surface area contributed by atoms with Gasteiger partial charge in [0.1, 0.15) is 6.54 Å². The normalized spacial score (nSPS) is 10.5. The van der Waals surface area contributed by atoms with E-state index in [4.69, 9.17) is 23.8 Å². The number of fused-ring (bicyclic) bond motifs is 1. The molecule has 0 fully saturated rings. The van der Waals surface area contributed by atoms with E-state index in [1.54, 1.807) is 17.0 Å². The van der Waals surface area contributed by atoms with Gasteiger partial charge in [0.2, 0.25) is 0 Å². The lowest BCUT2D eigenvalue weighted by molar-refractivity contribution is -0.122. The number of benzene rings is 2. The van der Waals surface area contributed by atoms with E-state index in [2.05, 4.69) is 21.2 Å². The van der Waals surface area contributed by atoms with Gasteiger partial charge in [0.05, 0.1) is 17.4 Å². The Bertz CT molecular complexity index is 940. The Morgan fingerprint density at radius 2 is 2.04 bits per heavy atom. The van der Waals surface area contributed by atoms with Gasteiger partial charge in [0.25, 0.3) is 5.91 Å². The summed E-state index contributed by atoms with van der Waals surface area (Å²) in [4.78, 5) is 16.3. The zero-order valence-corrected chi connectivity index (χ0v) is 15.0. The fraction of sp³-hybridized carbons (Fsp3) is 0.118. The molecule has 128 valence electrons. The Kier molecular flexibility index (Phi) is 5.16. The number of carbonyl (C=O) groups is 1. The maximum Gasteiger partial charge on any atom is 0.258 e. The van der Waals surface area contributed by atoms with Crippen molar-refractivity contribution in [3.05, 3.63) is 59.4 Å². The predicted molar refractivity (Wildman–Crippen MR) is 103 cm³/mol. The number of halogens is 1. The first-order valence-electron chi connectivity index (χ1n) is 7.55. The molecular formula is C17H16ClN5OS. The number of amides is 1. The second kappa shape index (κ2) is 7.50.